The molecule has 0 aliphatic carbocycles. The lowest BCUT2D eigenvalue weighted by Crippen LogP contribution is -2.46. The van der Waals surface area contributed by atoms with Gasteiger partial charge < -0.3 is 9.73 Å². The molecule has 1 aromatic carbocycles. The van der Waals surface area contributed by atoms with Crippen LogP contribution in [-0.2, 0) is 37.4 Å². The number of amides is 1. The molecule has 1 aliphatic rings. The van der Waals surface area contributed by atoms with Gasteiger partial charge in [-0.2, -0.15) is 0 Å². The standard InChI is InChI=1S/C20H22FN3O6S/c1-11(2)18(24-31(28,29)14-5-3-13(21)4-6-14)16(25)7-12-8-17-15(23-10-30-17)9-22-20(27)19(12)26/h3-6,10-12,18,24H,7-9H2,1-2H3,(H,22,27). The predicted molar refractivity (Wildman–Crippen MR) is 106 cm³/mol. The molecule has 0 saturated heterocycles. The van der Waals surface area contributed by atoms with Gasteiger partial charge in [-0.1, -0.05) is 13.8 Å². The van der Waals surface area contributed by atoms with Crippen molar-refractivity contribution in [2.75, 3.05) is 0 Å². The second kappa shape index (κ2) is 9.06. The highest BCUT2D eigenvalue weighted by molar-refractivity contribution is 7.89. The number of halogens is 1. The number of aromatic nitrogens is 1. The van der Waals surface area contributed by atoms with Crippen LogP contribution in [-0.4, -0.2) is 36.9 Å². The quantitative estimate of drug-likeness (QED) is 0.603. The third kappa shape index (κ3) is 5.23. The van der Waals surface area contributed by atoms with E-state index in [0.29, 0.717) is 11.5 Å². The third-order valence-corrected chi connectivity index (χ3v) is 6.49. The van der Waals surface area contributed by atoms with Gasteiger partial charge in [-0.3, -0.25) is 14.4 Å². The molecule has 2 unspecified atom stereocenters. The lowest BCUT2D eigenvalue weighted by atomic mass is 9.87. The third-order valence-electron chi connectivity index (χ3n) is 5.04. The maximum Gasteiger partial charge on any atom is 0.288 e. The molecule has 2 atom stereocenters. The first-order valence-electron chi connectivity index (χ1n) is 9.62. The van der Waals surface area contributed by atoms with Crippen LogP contribution in [0.1, 0.15) is 31.7 Å². The number of nitrogens with zero attached hydrogens (tertiary/aromatic N) is 1. The minimum atomic E-state index is -4.11. The number of Topliss-reactive ketones (excluding diaryl/α,β-unsaturated/α-hetero) is 2. The lowest BCUT2D eigenvalue weighted by Gasteiger charge is -2.24. The number of carbonyl (C=O) groups is 3. The Morgan fingerprint density at radius 3 is 2.61 bits per heavy atom. The number of hydrogen-bond donors (Lipinski definition) is 2. The van der Waals surface area contributed by atoms with Crippen molar-refractivity contribution in [1.29, 1.82) is 0 Å². The van der Waals surface area contributed by atoms with E-state index in [1.807, 2.05) is 0 Å². The van der Waals surface area contributed by atoms with Crippen LogP contribution in [0.15, 0.2) is 40.0 Å². The van der Waals surface area contributed by atoms with Gasteiger partial charge in [-0.15, -0.1) is 0 Å². The molecular weight excluding hydrogens is 429 g/mol. The molecule has 11 heteroatoms. The summed E-state index contributed by atoms with van der Waals surface area (Å²) in [5.41, 5.74) is 0.468. The Balaban J connectivity index is 1.80. The minimum absolute atomic E-state index is 0.00283. The fourth-order valence-electron chi connectivity index (χ4n) is 3.31. The number of rotatable bonds is 7. The van der Waals surface area contributed by atoms with Crippen molar-refractivity contribution in [3.05, 3.63) is 47.9 Å². The Hall–Kier alpha value is -2.92. The van der Waals surface area contributed by atoms with Crippen molar-refractivity contribution in [1.82, 2.24) is 15.0 Å². The van der Waals surface area contributed by atoms with Gasteiger partial charge in [0.2, 0.25) is 15.8 Å². The van der Waals surface area contributed by atoms with Crippen molar-refractivity contribution >= 4 is 27.5 Å². The maximum absolute atomic E-state index is 13.1. The Morgan fingerprint density at radius 2 is 1.97 bits per heavy atom. The molecule has 1 aliphatic heterocycles. The summed E-state index contributed by atoms with van der Waals surface area (Å²) in [4.78, 5) is 41.4. The molecule has 1 amide bonds. The smallest absolute Gasteiger partial charge is 0.288 e. The molecule has 0 fully saturated rings. The van der Waals surface area contributed by atoms with Gasteiger partial charge in [0.25, 0.3) is 5.91 Å². The number of benzene rings is 1. The van der Waals surface area contributed by atoms with Crippen molar-refractivity contribution in [3.63, 3.8) is 0 Å². The zero-order valence-corrected chi connectivity index (χ0v) is 17.7. The van der Waals surface area contributed by atoms with E-state index in [9.17, 15) is 27.2 Å². The van der Waals surface area contributed by atoms with Crippen LogP contribution in [0, 0.1) is 17.7 Å². The molecule has 3 rings (SSSR count). The van der Waals surface area contributed by atoms with Crippen LogP contribution in [0.25, 0.3) is 0 Å². The molecule has 2 N–H and O–H groups in total. The second-order valence-corrected chi connectivity index (χ2v) is 9.35. The van der Waals surface area contributed by atoms with E-state index < -0.39 is 51.2 Å². The van der Waals surface area contributed by atoms with E-state index in [-0.39, 0.29) is 24.3 Å². The summed E-state index contributed by atoms with van der Waals surface area (Å²) in [7, 11) is -4.11. The highest BCUT2D eigenvalue weighted by atomic mass is 32.2. The minimum Gasteiger partial charge on any atom is -0.448 e. The number of carbonyl (C=O) groups excluding carboxylic acids is 3. The molecule has 2 heterocycles. The zero-order valence-electron chi connectivity index (χ0n) is 16.9. The van der Waals surface area contributed by atoms with Gasteiger partial charge in [0, 0.05) is 18.8 Å². The molecule has 1 aromatic heterocycles. The van der Waals surface area contributed by atoms with Crippen molar-refractivity contribution in [2.24, 2.45) is 11.8 Å². The van der Waals surface area contributed by atoms with Gasteiger partial charge >= 0.3 is 0 Å². The number of ketones is 2. The van der Waals surface area contributed by atoms with Gasteiger partial charge in [0.15, 0.2) is 12.2 Å². The van der Waals surface area contributed by atoms with Crippen LogP contribution >= 0.6 is 0 Å². The van der Waals surface area contributed by atoms with Crippen molar-refractivity contribution < 1.29 is 31.6 Å². The topological polar surface area (TPSA) is 135 Å². The average molecular weight is 451 g/mol. The van der Waals surface area contributed by atoms with Crippen LogP contribution in [0.3, 0.4) is 0 Å². The second-order valence-electron chi connectivity index (χ2n) is 7.64. The van der Waals surface area contributed by atoms with Crippen LogP contribution in [0.4, 0.5) is 4.39 Å². The summed E-state index contributed by atoms with van der Waals surface area (Å²) in [5, 5.41) is 2.43. The van der Waals surface area contributed by atoms with Crippen molar-refractivity contribution in [2.45, 2.75) is 44.2 Å². The molecule has 2 aromatic rings. The van der Waals surface area contributed by atoms with E-state index in [1.54, 1.807) is 13.8 Å². The van der Waals surface area contributed by atoms with Crippen LogP contribution in [0.5, 0.6) is 0 Å². The van der Waals surface area contributed by atoms with E-state index >= 15 is 0 Å². The van der Waals surface area contributed by atoms with Crippen LogP contribution < -0.4 is 10.0 Å². The molecule has 31 heavy (non-hydrogen) atoms. The Labute approximate surface area is 178 Å². The summed E-state index contributed by atoms with van der Waals surface area (Å²) in [6, 6.07) is 3.04. The highest BCUT2D eigenvalue weighted by Crippen LogP contribution is 2.22. The van der Waals surface area contributed by atoms with Gasteiger partial charge in [0.05, 0.1) is 17.5 Å². The summed E-state index contributed by atoms with van der Waals surface area (Å²) in [5.74, 6) is -3.83. The molecule has 0 spiro atoms. The van der Waals surface area contributed by atoms with Gasteiger partial charge in [-0.25, -0.2) is 22.5 Å². The Kier molecular flexibility index (Phi) is 6.65. The van der Waals surface area contributed by atoms with E-state index in [1.165, 1.54) is 6.39 Å². The van der Waals surface area contributed by atoms with E-state index in [0.717, 1.165) is 24.3 Å². The zero-order chi connectivity index (χ0) is 22.8. The average Bonchev–Trinajstić information content (AvgIpc) is 3.15. The molecular formula is C20H22FN3O6S. The first-order valence-corrected chi connectivity index (χ1v) is 11.1. The maximum atomic E-state index is 13.1. The normalized spacial score (nSPS) is 18.1. The van der Waals surface area contributed by atoms with E-state index in [2.05, 4.69) is 15.0 Å². The molecule has 166 valence electrons. The monoisotopic (exact) mass is 451 g/mol. The van der Waals surface area contributed by atoms with Gasteiger partial charge in [-0.05, 0) is 30.2 Å². The SMILES string of the molecule is CC(C)C(NS(=O)(=O)c1ccc(F)cc1)C(=O)CC1Cc2ocnc2CNC(=O)C1=O. The summed E-state index contributed by atoms with van der Waals surface area (Å²) < 4.78 is 46.1. The summed E-state index contributed by atoms with van der Waals surface area (Å²) >= 11 is 0. The fraction of sp³-hybridized carbons (Fsp3) is 0.400. The number of sulfonamides is 1. The number of oxazole rings is 1. The van der Waals surface area contributed by atoms with Crippen molar-refractivity contribution in [3.8, 4) is 0 Å². The number of nitrogens with one attached hydrogen (secondary N) is 2. The Bertz CT molecular complexity index is 1090. The van der Waals surface area contributed by atoms with Gasteiger partial charge in [0.1, 0.15) is 17.3 Å². The van der Waals surface area contributed by atoms with Crippen LogP contribution in [0.2, 0.25) is 0 Å². The van der Waals surface area contributed by atoms with E-state index in [4.69, 9.17) is 4.42 Å². The highest BCUT2D eigenvalue weighted by Gasteiger charge is 2.35. The predicted octanol–water partition coefficient (Wildman–Crippen LogP) is 1.13. The fourth-order valence-corrected chi connectivity index (χ4v) is 4.68. The number of fused-ring (bicyclic) bond motifs is 1. The first-order chi connectivity index (χ1) is 14.6. The number of hydrogen-bond acceptors (Lipinski definition) is 7. The first kappa shape index (κ1) is 22.8. The Morgan fingerprint density at radius 1 is 1.29 bits per heavy atom. The summed E-state index contributed by atoms with van der Waals surface area (Å²) in [6.45, 7) is 3.34. The molecule has 0 radical (unpaired) electrons. The lowest BCUT2D eigenvalue weighted by molar-refractivity contribution is -0.141. The largest absolute Gasteiger partial charge is 0.448 e. The summed E-state index contributed by atoms with van der Waals surface area (Å²) in [6.07, 6.45) is 0.837. The molecule has 0 bridgehead atoms. The molecule has 0 saturated carbocycles. The molecule has 9 nitrogen and oxygen atoms in total.